The third kappa shape index (κ3) is 3.77. The molecular weight excluding hydrogens is 390 g/mol. The Labute approximate surface area is 173 Å². The lowest BCUT2D eigenvalue weighted by molar-refractivity contribution is 0.0697. The van der Waals surface area contributed by atoms with Gasteiger partial charge < -0.3 is 15.5 Å². The molecule has 1 atom stereocenters. The van der Waals surface area contributed by atoms with E-state index in [0.29, 0.717) is 41.2 Å². The Hall–Kier alpha value is -2.71. The number of aromatic amines is 1. The van der Waals surface area contributed by atoms with Crippen molar-refractivity contribution < 1.29 is 4.79 Å². The molecule has 1 aliphatic carbocycles. The summed E-state index contributed by atoms with van der Waals surface area (Å²) in [7, 11) is 0. The average Bonchev–Trinajstić information content (AvgIpc) is 3.47. The van der Waals surface area contributed by atoms with Gasteiger partial charge in [-0.1, -0.05) is 11.6 Å². The van der Waals surface area contributed by atoms with Gasteiger partial charge in [0.1, 0.15) is 5.82 Å². The van der Waals surface area contributed by atoms with Crippen LogP contribution >= 0.6 is 11.6 Å². The van der Waals surface area contributed by atoms with E-state index in [-0.39, 0.29) is 17.8 Å². The standard InChI is InChI=1S/C20H22ClN7O/c1-11-10-28(7-6-22-11)20(29)19-23-15-5-4-13(21)8-14(15)18(25-19)24-17-9-16(26-27-17)12-2-3-12/h4-5,8-9,11-12,22H,2-3,6-7,10H2,1H3,(H2,23,24,25,26,27). The van der Waals surface area contributed by atoms with Crippen molar-refractivity contribution in [1.82, 2.24) is 30.4 Å². The van der Waals surface area contributed by atoms with E-state index < -0.39 is 0 Å². The van der Waals surface area contributed by atoms with Crippen molar-refractivity contribution in [1.29, 1.82) is 0 Å². The molecule has 3 N–H and O–H groups in total. The number of hydrogen-bond donors (Lipinski definition) is 3. The number of H-pyrrole nitrogens is 1. The fraction of sp³-hybridized carbons (Fsp3) is 0.400. The number of nitrogens with zero attached hydrogens (tertiary/aromatic N) is 4. The highest BCUT2D eigenvalue weighted by atomic mass is 35.5. The summed E-state index contributed by atoms with van der Waals surface area (Å²) in [6.45, 7) is 4.09. The number of rotatable bonds is 4. The number of benzene rings is 1. The topological polar surface area (TPSA) is 98.8 Å². The average molecular weight is 412 g/mol. The second-order valence-corrected chi connectivity index (χ2v) is 8.21. The Morgan fingerprint density at radius 1 is 1.28 bits per heavy atom. The van der Waals surface area contributed by atoms with E-state index in [0.717, 1.165) is 17.6 Å². The molecule has 0 bridgehead atoms. The lowest BCUT2D eigenvalue weighted by Crippen LogP contribution is -2.51. The van der Waals surface area contributed by atoms with E-state index in [1.807, 2.05) is 12.1 Å². The number of piperazine rings is 1. The van der Waals surface area contributed by atoms with Gasteiger partial charge in [0.15, 0.2) is 5.82 Å². The van der Waals surface area contributed by atoms with Gasteiger partial charge in [0.2, 0.25) is 5.82 Å². The summed E-state index contributed by atoms with van der Waals surface area (Å²) in [4.78, 5) is 23.9. The number of hydrogen-bond acceptors (Lipinski definition) is 6. The lowest BCUT2D eigenvalue weighted by atomic mass is 10.2. The van der Waals surface area contributed by atoms with Crippen molar-refractivity contribution in [3.63, 3.8) is 0 Å². The zero-order valence-electron chi connectivity index (χ0n) is 16.1. The quantitative estimate of drug-likeness (QED) is 0.610. The molecule has 1 saturated heterocycles. The second-order valence-electron chi connectivity index (χ2n) is 7.77. The summed E-state index contributed by atoms with van der Waals surface area (Å²) in [6, 6.07) is 7.61. The van der Waals surface area contributed by atoms with Crippen LogP contribution in [-0.2, 0) is 0 Å². The van der Waals surface area contributed by atoms with Crippen LogP contribution in [0.5, 0.6) is 0 Å². The molecule has 3 heterocycles. The molecule has 2 aliphatic rings. The van der Waals surface area contributed by atoms with Crippen LogP contribution in [0.3, 0.4) is 0 Å². The number of carbonyl (C=O) groups is 1. The van der Waals surface area contributed by atoms with Crippen molar-refractivity contribution >= 4 is 40.0 Å². The van der Waals surface area contributed by atoms with Gasteiger partial charge in [-0.2, -0.15) is 5.10 Å². The van der Waals surface area contributed by atoms with E-state index in [9.17, 15) is 4.79 Å². The second kappa shape index (κ2) is 7.27. The van der Waals surface area contributed by atoms with E-state index in [2.05, 4.69) is 37.7 Å². The Morgan fingerprint density at radius 2 is 2.14 bits per heavy atom. The van der Waals surface area contributed by atoms with Crippen LogP contribution in [0.2, 0.25) is 5.02 Å². The number of aromatic nitrogens is 4. The summed E-state index contributed by atoms with van der Waals surface area (Å²) in [6.07, 6.45) is 2.38. The summed E-state index contributed by atoms with van der Waals surface area (Å²) in [5.41, 5.74) is 1.78. The van der Waals surface area contributed by atoms with Crippen LogP contribution in [-0.4, -0.2) is 56.6 Å². The fourth-order valence-corrected chi connectivity index (χ4v) is 3.85. The third-order valence-electron chi connectivity index (χ3n) is 5.37. The monoisotopic (exact) mass is 411 g/mol. The summed E-state index contributed by atoms with van der Waals surface area (Å²) >= 11 is 6.20. The van der Waals surface area contributed by atoms with Crippen LogP contribution in [0.1, 0.15) is 42.0 Å². The molecule has 1 amide bonds. The van der Waals surface area contributed by atoms with Crippen LogP contribution < -0.4 is 10.6 Å². The Kier molecular flexibility index (Phi) is 4.60. The molecule has 29 heavy (non-hydrogen) atoms. The van der Waals surface area contributed by atoms with Crippen molar-refractivity contribution in [2.24, 2.45) is 0 Å². The maximum Gasteiger partial charge on any atom is 0.291 e. The van der Waals surface area contributed by atoms with E-state index >= 15 is 0 Å². The summed E-state index contributed by atoms with van der Waals surface area (Å²) in [5.74, 6) is 1.77. The van der Waals surface area contributed by atoms with E-state index in [4.69, 9.17) is 11.6 Å². The Morgan fingerprint density at radius 3 is 2.93 bits per heavy atom. The lowest BCUT2D eigenvalue weighted by Gasteiger charge is -2.31. The first kappa shape index (κ1) is 18.3. The molecule has 2 aromatic heterocycles. The highest BCUT2D eigenvalue weighted by Crippen LogP contribution is 2.39. The minimum absolute atomic E-state index is 0.168. The molecular formula is C20H22ClN7O. The summed E-state index contributed by atoms with van der Waals surface area (Å²) < 4.78 is 0. The van der Waals surface area contributed by atoms with Gasteiger partial charge in [0.25, 0.3) is 5.91 Å². The van der Waals surface area contributed by atoms with Crippen molar-refractivity contribution in [2.45, 2.75) is 31.7 Å². The molecule has 2 fully saturated rings. The summed E-state index contributed by atoms with van der Waals surface area (Å²) in [5, 5.41) is 15.3. The minimum Gasteiger partial charge on any atom is -0.333 e. The van der Waals surface area contributed by atoms with Gasteiger partial charge >= 0.3 is 0 Å². The minimum atomic E-state index is -0.168. The smallest absolute Gasteiger partial charge is 0.291 e. The van der Waals surface area contributed by atoms with Gasteiger partial charge in [-0.3, -0.25) is 9.89 Å². The van der Waals surface area contributed by atoms with Gasteiger partial charge in [-0.15, -0.1) is 0 Å². The molecule has 8 nitrogen and oxygen atoms in total. The van der Waals surface area contributed by atoms with Gasteiger partial charge in [-0.05, 0) is 38.0 Å². The highest BCUT2D eigenvalue weighted by molar-refractivity contribution is 6.31. The Balaban J connectivity index is 1.51. The van der Waals surface area contributed by atoms with Crippen molar-refractivity contribution in [3.05, 3.63) is 40.8 Å². The van der Waals surface area contributed by atoms with Gasteiger partial charge in [0.05, 0.1) is 5.52 Å². The first-order valence-corrected chi connectivity index (χ1v) is 10.3. The van der Waals surface area contributed by atoms with Gasteiger partial charge in [0, 0.05) is 53.8 Å². The van der Waals surface area contributed by atoms with Crippen LogP contribution in [0.25, 0.3) is 10.9 Å². The van der Waals surface area contributed by atoms with Crippen LogP contribution in [0, 0.1) is 0 Å². The predicted octanol–water partition coefficient (Wildman–Crippen LogP) is 3.06. The number of carbonyl (C=O) groups excluding carboxylic acids is 1. The molecule has 1 saturated carbocycles. The van der Waals surface area contributed by atoms with E-state index in [1.54, 1.807) is 17.0 Å². The first-order valence-electron chi connectivity index (χ1n) is 9.89. The predicted molar refractivity (Wildman–Crippen MR) is 112 cm³/mol. The van der Waals surface area contributed by atoms with E-state index in [1.165, 1.54) is 12.8 Å². The zero-order chi connectivity index (χ0) is 20.0. The largest absolute Gasteiger partial charge is 0.333 e. The van der Waals surface area contributed by atoms with Gasteiger partial charge in [-0.25, -0.2) is 9.97 Å². The molecule has 5 rings (SSSR count). The molecule has 1 aliphatic heterocycles. The molecule has 0 spiro atoms. The normalized spacial score (nSPS) is 19.5. The van der Waals surface area contributed by atoms with Crippen LogP contribution in [0.15, 0.2) is 24.3 Å². The first-order chi connectivity index (χ1) is 14.1. The molecule has 3 aromatic rings. The number of halogens is 1. The molecule has 1 aromatic carbocycles. The number of fused-ring (bicyclic) bond motifs is 1. The molecule has 1 unspecified atom stereocenters. The maximum atomic E-state index is 13.1. The molecule has 9 heteroatoms. The number of amides is 1. The molecule has 150 valence electrons. The highest BCUT2D eigenvalue weighted by Gasteiger charge is 2.27. The number of anilines is 2. The Bertz CT molecular complexity index is 1080. The van der Waals surface area contributed by atoms with Crippen molar-refractivity contribution in [3.8, 4) is 0 Å². The fourth-order valence-electron chi connectivity index (χ4n) is 3.68. The van der Waals surface area contributed by atoms with Crippen molar-refractivity contribution in [2.75, 3.05) is 25.0 Å². The maximum absolute atomic E-state index is 13.1. The third-order valence-corrected chi connectivity index (χ3v) is 5.60. The van der Waals surface area contributed by atoms with Crippen LogP contribution in [0.4, 0.5) is 11.6 Å². The number of nitrogens with one attached hydrogen (secondary N) is 3. The molecule has 0 radical (unpaired) electrons. The SMILES string of the molecule is CC1CN(C(=O)c2nc(Nc3cc(C4CC4)[nH]n3)c3cc(Cl)ccc3n2)CCN1. The zero-order valence-corrected chi connectivity index (χ0v) is 16.8.